The first-order valence-corrected chi connectivity index (χ1v) is 6.69. The molecule has 6 nitrogen and oxygen atoms in total. The molecule has 20 heavy (non-hydrogen) atoms. The summed E-state index contributed by atoms with van der Waals surface area (Å²) in [7, 11) is 0. The summed E-state index contributed by atoms with van der Waals surface area (Å²) >= 11 is 7.17. The Balaban J connectivity index is 2.01. The summed E-state index contributed by atoms with van der Waals surface area (Å²) in [5, 5.41) is 3.12. The first kappa shape index (κ1) is 12.8. The Labute approximate surface area is 122 Å². The van der Waals surface area contributed by atoms with Crippen LogP contribution in [0.15, 0.2) is 30.6 Å². The van der Waals surface area contributed by atoms with Gasteiger partial charge in [0.25, 0.3) is 5.91 Å². The lowest BCUT2D eigenvalue weighted by Crippen LogP contribution is -2.14. The van der Waals surface area contributed by atoms with Crippen LogP contribution >= 0.6 is 23.3 Å². The van der Waals surface area contributed by atoms with E-state index < -0.39 is 0 Å². The number of amides is 1. The van der Waals surface area contributed by atoms with Gasteiger partial charge in [-0.25, -0.2) is 0 Å². The van der Waals surface area contributed by atoms with E-state index in [-0.39, 0.29) is 5.91 Å². The smallest absolute Gasteiger partial charge is 0.257 e. The number of hydrogen-bond donors (Lipinski definition) is 2. The van der Waals surface area contributed by atoms with Crippen molar-refractivity contribution in [2.24, 2.45) is 0 Å². The Hall–Kier alpha value is -2.25. The number of hydrogen-bond acceptors (Lipinski definition) is 6. The molecule has 8 heteroatoms. The molecule has 100 valence electrons. The van der Waals surface area contributed by atoms with E-state index in [1.807, 2.05) is 0 Å². The summed E-state index contributed by atoms with van der Waals surface area (Å²) < 4.78 is 8.24. The van der Waals surface area contributed by atoms with Gasteiger partial charge in [-0.05, 0) is 18.2 Å². The number of nitrogens with two attached hydrogens (primary N) is 1. The Morgan fingerprint density at radius 2 is 2.15 bits per heavy atom. The number of pyridine rings is 1. The SMILES string of the molecule is Nc1cnccc1C(=O)Nc1c(Cl)ccc2nsnc12. The average molecular weight is 306 g/mol. The van der Waals surface area contributed by atoms with Gasteiger partial charge >= 0.3 is 0 Å². The first-order chi connectivity index (χ1) is 9.66. The van der Waals surface area contributed by atoms with E-state index in [4.69, 9.17) is 17.3 Å². The van der Waals surface area contributed by atoms with Gasteiger partial charge < -0.3 is 11.1 Å². The monoisotopic (exact) mass is 305 g/mol. The molecule has 1 aromatic carbocycles. The number of aromatic nitrogens is 3. The molecule has 0 spiro atoms. The number of halogens is 1. The maximum Gasteiger partial charge on any atom is 0.257 e. The van der Waals surface area contributed by atoms with Crippen LogP contribution in [0.2, 0.25) is 5.02 Å². The Morgan fingerprint density at radius 3 is 2.95 bits per heavy atom. The van der Waals surface area contributed by atoms with Crippen molar-refractivity contribution in [3.63, 3.8) is 0 Å². The molecule has 2 heterocycles. The minimum atomic E-state index is -0.368. The van der Waals surface area contributed by atoms with Gasteiger partial charge in [0.1, 0.15) is 11.0 Å². The summed E-state index contributed by atoms with van der Waals surface area (Å²) in [6, 6.07) is 4.95. The summed E-state index contributed by atoms with van der Waals surface area (Å²) in [6.45, 7) is 0. The highest BCUT2D eigenvalue weighted by atomic mass is 35.5. The van der Waals surface area contributed by atoms with Crippen LogP contribution in [0.4, 0.5) is 11.4 Å². The zero-order valence-electron chi connectivity index (χ0n) is 10.0. The van der Waals surface area contributed by atoms with E-state index in [0.29, 0.717) is 33.0 Å². The summed E-state index contributed by atoms with van der Waals surface area (Å²) in [5.74, 6) is -0.368. The van der Waals surface area contributed by atoms with E-state index in [2.05, 4.69) is 19.0 Å². The molecule has 0 aliphatic carbocycles. The number of anilines is 2. The number of nitrogens with one attached hydrogen (secondary N) is 1. The second kappa shape index (κ2) is 5.03. The zero-order valence-corrected chi connectivity index (χ0v) is 11.6. The fraction of sp³-hybridized carbons (Fsp3) is 0. The lowest BCUT2D eigenvalue weighted by Gasteiger charge is -2.08. The van der Waals surface area contributed by atoms with Crippen LogP contribution in [0.5, 0.6) is 0 Å². The highest BCUT2D eigenvalue weighted by molar-refractivity contribution is 7.00. The standard InChI is InChI=1S/C12H8ClN5OS/c13-7-1-2-9-11(18-20-17-9)10(7)16-12(19)6-3-4-15-5-8(6)14/h1-5H,14H2,(H,16,19). The molecule has 0 atom stereocenters. The van der Waals surface area contributed by atoms with Crippen molar-refractivity contribution in [1.82, 2.24) is 13.7 Å². The number of fused-ring (bicyclic) bond motifs is 1. The molecule has 0 radical (unpaired) electrons. The van der Waals surface area contributed by atoms with E-state index in [9.17, 15) is 4.79 Å². The van der Waals surface area contributed by atoms with E-state index in [0.717, 1.165) is 11.7 Å². The maximum atomic E-state index is 12.2. The van der Waals surface area contributed by atoms with E-state index in [1.54, 1.807) is 12.1 Å². The summed E-state index contributed by atoms with van der Waals surface area (Å²) in [4.78, 5) is 16.1. The molecule has 0 saturated carbocycles. The minimum absolute atomic E-state index is 0.296. The van der Waals surface area contributed by atoms with Gasteiger partial charge in [-0.2, -0.15) is 8.75 Å². The van der Waals surface area contributed by atoms with E-state index >= 15 is 0 Å². The average Bonchev–Trinajstić information content (AvgIpc) is 2.91. The molecule has 0 aliphatic heterocycles. The predicted octanol–water partition coefficient (Wildman–Crippen LogP) is 2.57. The Morgan fingerprint density at radius 1 is 1.30 bits per heavy atom. The third-order valence-corrected chi connectivity index (χ3v) is 3.57. The lowest BCUT2D eigenvalue weighted by molar-refractivity contribution is 0.102. The van der Waals surface area contributed by atoms with Gasteiger partial charge in [0, 0.05) is 6.20 Å². The molecule has 3 rings (SSSR count). The van der Waals surface area contributed by atoms with Gasteiger partial charge in [0.05, 0.1) is 39.9 Å². The minimum Gasteiger partial charge on any atom is -0.397 e. The molecule has 0 bridgehead atoms. The third-order valence-electron chi connectivity index (χ3n) is 2.71. The number of benzene rings is 1. The molecule has 2 aromatic heterocycles. The van der Waals surface area contributed by atoms with Crippen molar-refractivity contribution in [2.75, 3.05) is 11.1 Å². The van der Waals surface area contributed by atoms with Crippen molar-refractivity contribution >= 4 is 51.6 Å². The van der Waals surface area contributed by atoms with Crippen molar-refractivity contribution < 1.29 is 4.79 Å². The predicted molar refractivity (Wildman–Crippen MR) is 79.0 cm³/mol. The Kier molecular flexibility index (Phi) is 3.21. The van der Waals surface area contributed by atoms with E-state index in [1.165, 1.54) is 18.5 Å². The number of rotatable bonds is 2. The largest absolute Gasteiger partial charge is 0.397 e. The Bertz CT molecular complexity index is 803. The molecule has 0 unspecified atom stereocenters. The van der Waals surface area contributed by atoms with Gasteiger partial charge in [-0.3, -0.25) is 9.78 Å². The van der Waals surface area contributed by atoms with Crippen LogP contribution < -0.4 is 11.1 Å². The molecule has 0 fully saturated rings. The summed E-state index contributed by atoms with van der Waals surface area (Å²) in [5.41, 5.74) is 8.02. The van der Waals surface area contributed by atoms with Crippen molar-refractivity contribution in [3.05, 3.63) is 41.2 Å². The normalized spacial score (nSPS) is 10.7. The first-order valence-electron chi connectivity index (χ1n) is 5.58. The van der Waals surface area contributed by atoms with Crippen LogP contribution in [0.25, 0.3) is 11.0 Å². The number of carbonyl (C=O) groups is 1. The van der Waals surface area contributed by atoms with Gasteiger partial charge in [0.15, 0.2) is 0 Å². The highest BCUT2D eigenvalue weighted by Gasteiger charge is 2.15. The maximum absolute atomic E-state index is 12.2. The van der Waals surface area contributed by atoms with Crippen molar-refractivity contribution in [3.8, 4) is 0 Å². The fourth-order valence-corrected chi connectivity index (χ4v) is 2.48. The number of nitrogen functional groups attached to an aromatic ring is 1. The van der Waals surface area contributed by atoms with Crippen molar-refractivity contribution in [2.45, 2.75) is 0 Å². The number of carbonyl (C=O) groups excluding carboxylic acids is 1. The number of nitrogens with zero attached hydrogens (tertiary/aromatic N) is 3. The second-order valence-electron chi connectivity index (χ2n) is 3.97. The lowest BCUT2D eigenvalue weighted by atomic mass is 10.2. The summed E-state index contributed by atoms with van der Waals surface area (Å²) in [6.07, 6.45) is 2.92. The van der Waals surface area contributed by atoms with Crippen molar-refractivity contribution in [1.29, 1.82) is 0 Å². The molecule has 3 aromatic rings. The van der Waals surface area contributed by atoms with Crippen LogP contribution in [0.3, 0.4) is 0 Å². The van der Waals surface area contributed by atoms with Gasteiger partial charge in [-0.1, -0.05) is 11.6 Å². The third kappa shape index (κ3) is 2.17. The van der Waals surface area contributed by atoms with Crippen LogP contribution in [-0.2, 0) is 0 Å². The molecule has 3 N–H and O–H groups in total. The van der Waals surface area contributed by atoms with Crippen LogP contribution in [0, 0.1) is 0 Å². The molecule has 0 saturated heterocycles. The topological polar surface area (TPSA) is 93.8 Å². The molecule has 1 amide bonds. The fourth-order valence-electron chi connectivity index (χ4n) is 1.74. The highest BCUT2D eigenvalue weighted by Crippen LogP contribution is 2.30. The zero-order chi connectivity index (χ0) is 14.1. The van der Waals surface area contributed by atoms with Crippen LogP contribution in [-0.4, -0.2) is 19.6 Å². The second-order valence-corrected chi connectivity index (χ2v) is 4.91. The van der Waals surface area contributed by atoms with Gasteiger partial charge in [0.2, 0.25) is 0 Å². The molecular weight excluding hydrogens is 298 g/mol. The molecule has 0 aliphatic rings. The van der Waals surface area contributed by atoms with Crippen LogP contribution in [0.1, 0.15) is 10.4 Å². The van der Waals surface area contributed by atoms with Gasteiger partial charge in [-0.15, -0.1) is 0 Å². The quantitative estimate of drug-likeness (QED) is 0.759. The molecular formula is C12H8ClN5OS.